The molecule has 2 heterocycles. The van der Waals surface area contributed by atoms with Gasteiger partial charge in [-0.25, -0.2) is 4.98 Å². The van der Waals surface area contributed by atoms with Gasteiger partial charge in [0.25, 0.3) is 5.91 Å². The maximum atomic E-state index is 12.1. The number of hydrogen-bond donors (Lipinski definition) is 1. The molecule has 1 aliphatic rings. The lowest BCUT2D eigenvalue weighted by molar-refractivity contribution is 0.101. The minimum absolute atomic E-state index is 0.140. The molecular weight excluding hydrogens is 252 g/mol. The number of nitrogens with one attached hydrogen (secondary N) is 1. The summed E-state index contributed by atoms with van der Waals surface area (Å²) in [6.45, 7) is 2.25. The molecule has 1 N–H and O–H groups in total. The molecule has 5 nitrogen and oxygen atoms in total. The Balaban J connectivity index is 1.69. The Morgan fingerprint density at radius 1 is 1.20 bits per heavy atom. The van der Waals surface area contributed by atoms with Crippen LogP contribution in [0.5, 0.6) is 0 Å². The van der Waals surface area contributed by atoms with E-state index in [0.717, 1.165) is 18.8 Å². The first-order valence-corrected chi connectivity index (χ1v) is 6.87. The molecule has 104 valence electrons. The first-order valence-electron chi connectivity index (χ1n) is 6.87. The van der Waals surface area contributed by atoms with Gasteiger partial charge in [0.1, 0.15) is 5.69 Å². The molecule has 2 aromatic rings. The summed E-state index contributed by atoms with van der Waals surface area (Å²) >= 11 is 0. The monoisotopic (exact) mass is 270 g/mol. The largest absolute Gasteiger partial charge is 0.372 e. The molecule has 0 unspecified atom stereocenters. The van der Waals surface area contributed by atoms with E-state index in [4.69, 9.17) is 0 Å². The third kappa shape index (κ3) is 2.52. The van der Waals surface area contributed by atoms with E-state index in [0.29, 0.717) is 5.69 Å². The van der Waals surface area contributed by atoms with Crippen LogP contribution in [0.2, 0.25) is 0 Å². The van der Waals surface area contributed by atoms with Crippen molar-refractivity contribution >= 4 is 17.3 Å². The summed E-state index contributed by atoms with van der Waals surface area (Å²) in [5.74, 6) is -0.140. The number of carbonyl (C=O) groups is 1. The average molecular weight is 270 g/mol. The van der Waals surface area contributed by atoms with Crippen LogP contribution in [-0.2, 0) is 7.05 Å². The topological polar surface area (TPSA) is 50.2 Å². The first-order chi connectivity index (χ1) is 9.74. The quantitative estimate of drug-likeness (QED) is 0.931. The molecular formula is C15H18N4O. The van der Waals surface area contributed by atoms with Crippen molar-refractivity contribution in [2.45, 2.75) is 12.8 Å². The van der Waals surface area contributed by atoms with E-state index in [1.54, 1.807) is 24.1 Å². The van der Waals surface area contributed by atoms with Crippen LogP contribution in [0.4, 0.5) is 11.4 Å². The predicted molar refractivity (Wildman–Crippen MR) is 79.1 cm³/mol. The molecule has 1 aliphatic heterocycles. The minimum atomic E-state index is -0.140. The smallest absolute Gasteiger partial charge is 0.273 e. The second-order valence-electron chi connectivity index (χ2n) is 5.08. The van der Waals surface area contributed by atoms with Gasteiger partial charge in [-0.2, -0.15) is 0 Å². The Labute approximate surface area is 118 Å². The third-order valence-electron chi connectivity index (χ3n) is 3.65. The zero-order valence-corrected chi connectivity index (χ0v) is 11.5. The predicted octanol–water partition coefficient (Wildman–Crippen LogP) is 2.27. The number of hydrogen-bond acceptors (Lipinski definition) is 3. The second kappa shape index (κ2) is 5.36. The van der Waals surface area contributed by atoms with Crippen molar-refractivity contribution in [1.82, 2.24) is 9.55 Å². The Kier molecular flexibility index (Phi) is 3.41. The molecule has 1 fully saturated rings. The van der Waals surface area contributed by atoms with Gasteiger partial charge in [0.15, 0.2) is 0 Å². The van der Waals surface area contributed by atoms with Crippen LogP contribution in [-0.4, -0.2) is 28.5 Å². The molecule has 0 aliphatic carbocycles. The normalized spacial score (nSPS) is 14.6. The van der Waals surface area contributed by atoms with Gasteiger partial charge in [-0.15, -0.1) is 0 Å². The van der Waals surface area contributed by atoms with Gasteiger partial charge >= 0.3 is 0 Å². The number of amides is 1. The van der Waals surface area contributed by atoms with E-state index in [1.165, 1.54) is 18.5 Å². The van der Waals surface area contributed by atoms with Gasteiger partial charge in [-0.3, -0.25) is 4.79 Å². The fraction of sp³-hybridized carbons (Fsp3) is 0.333. The molecule has 0 bridgehead atoms. The highest BCUT2D eigenvalue weighted by molar-refractivity contribution is 6.03. The van der Waals surface area contributed by atoms with Crippen molar-refractivity contribution in [3.63, 3.8) is 0 Å². The maximum Gasteiger partial charge on any atom is 0.273 e. The summed E-state index contributed by atoms with van der Waals surface area (Å²) in [4.78, 5) is 18.4. The Hall–Kier alpha value is -2.30. The van der Waals surface area contributed by atoms with E-state index in [-0.39, 0.29) is 5.91 Å². The zero-order valence-electron chi connectivity index (χ0n) is 11.5. The fourth-order valence-electron chi connectivity index (χ4n) is 2.50. The summed E-state index contributed by atoms with van der Waals surface area (Å²) in [5, 5.41) is 2.88. The molecule has 1 saturated heterocycles. The van der Waals surface area contributed by atoms with Crippen LogP contribution in [0.3, 0.4) is 0 Å². The number of benzene rings is 1. The lowest BCUT2D eigenvalue weighted by Crippen LogP contribution is -2.18. The van der Waals surface area contributed by atoms with Gasteiger partial charge in [-0.1, -0.05) is 0 Å². The van der Waals surface area contributed by atoms with Gasteiger partial charge < -0.3 is 14.8 Å². The summed E-state index contributed by atoms with van der Waals surface area (Å²) in [6.07, 6.45) is 5.71. The number of aromatic nitrogens is 2. The second-order valence-corrected chi connectivity index (χ2v) is 5.08. The number of imidazole rings is 1. The molecule has 1 amide bonds. The zero-order chi connectivity index (χ0) is 13.9. The molecule has 0 atom stereocenters. The summed E-state index contributed by atoms with van der Waals surface area (Å²) < 4.78 is 1.70. The van der Waals surface area contributed by atoms with E-state index in [2.05, 4.69) is 27.3 Å². The Morgan fingerprint density at radius 2 is 1.90 bits per heavy atom. The third-order valence-corrected chi connectivity index (χ3v) is 3.65. The Bertz CT molecular complexity index is 597. The van der Waals surface area contributed by atoms with Gasteiger partial charge in [-0.05, 0) is 37.1 Å². The molecule has 0 radical (unpaired) electrons. The van der Waals surface area contributed by atoms with Crippen molar-refractivity contribution in [3.05, 3.63) is 42.5 Å². The number of anilines is 2. The molecule has 0 saturated carbocycles. The van der Waals surface area contributed by atoms with Gasteiger partial charge in [0.2, 0.25) is 0 Å². The van der Waals surface area contributed by atoms with Crippen molar-refractivity contribution in [1.29, 1.82) is 0 Å². The summed E-state index contributed by atoms with van der Waals surface area (Å²) in [5.41, 5.74) is 2.58. The van der Waals surface area contributed by atoms with E-state index >= 15 is 0 Å². The first kappa shape index (κ1) is 12.7. The molecule has 5 heteroatoms. The van der Waals surface area contributed by atoms with Crippen molar-refractivity contribution < 1.29 is 4.79 Å². The van der Waals surface area contributed by atoms with E-state index in [9.17, 15) is 4.79 Å². The molecule has 3 rings (SSSR count). The standard InChI is InChI=1S/C15H18N4O/c1-18-11-16-10-14(18)15(20)17-12-4-6-13(7-5-12)19-8-2-3-9-19/h4-7,10-11H,2-3,8-9H2,1H3,(H,17,20). The molecule has 0 spiro atoms. The lowest BCUT2D eigenvalue weighted by atomic mass is 10.2. The highest BCUT2D eigenvalue weighted by Gasteiger charge is 2.13. The summed E-state index contributed by atoms with van der Waals surface area (Å²) in [7, 11) is 1.80. The van der Waals surface area contributed by atoms with Crippen molar-refractivity contribution in [2.75, 3.05) is 23.3 Å². The van der Waals surface area contributed by atoms with E-state index in [1.807, 2.05) is 12.1 Å². The van der Waals surface area contributed by atoms with Crippen LogP contribution >= 0.6 is 0 Å². The van der Waals surface area contributed by atoms with Crippen LogP contribution < -0.4 is 10.2 Å². The molecule has 1 aromatic heterocycles. The van der Waals surface area contributed by atoms with Crippen molar-refractivity contribution in [3.8, 4) is 0 Å². The van der Waals surface area contributed by atoms with Crippen molar-refractivity contribution in [2.24, 2.45) is 7.05 Å². The lowest BCUT2D eigenvalue weighted by Gasteiger charge is -2.17. The number of aryl methyl sites for hydroxylation is 1. The fourth-order valence-corrected chi connectivity index (χ4v) is 2.50. The van der Waals surface area contributed by atoms with Gasteiger partial charge in [0, 0.05) is 31.5 Å². The average Bonchev–Trinajstić information content (AvgIpc) is 3.10. The SMILES string of the molecule is Cn1cncc1C(=O)Nc1ccc(N2CCCC2)cc1. The molecule has 1 aromatic carbocycles. The highest BCUT2D eigenvalue weighted by atomic mass is 16.1. The van der Waals surface area contributed by atoms with Gasteiger partial charge in [0.05, 0.1) is 12.5 Å². The van der Waals surface area contributed by atoms with Crippen LogP contribution in [0.1, 0.15) is 23.3 Å². The van der Waals surface area contributed by atoms with E-state index < -0.39 is 0 Å². The number of rotatable bonds is 3. The Morgan fingerprint density at radius 3 is 2.50 bits per heavy atom. The number of nitrogens with zero attached hydrogens (tertiary/aromatic N) is 3. The van der Waals surface area contributed by atoms with Crippen LogP contribution in [0, 0.1) is 0 Å². The summed E-state index contributed by atoms with van der Waals surface area (Å²) in [6, 6.07) is 8.01. The number of carbonyl (C=O) groups excluding carboxylic acids is 1. The highest BCUT2D eigenvalue weighted by Crippen LogP contribution is 2.22. The van der Waals surface area contributed by atoms with Crippen LogP contribution in [0.15, 0.2) is 36.8 Å². The van der Waals surface area contributed by atoms with Crippen LogP contribution in [0.25, 0.3) is 0 Å². The minimum Gasteiger partial charge on any atom is -0.372 e. The molecule has 20 heavy (non-hydrogen) atoms. The maximum absolute atomic E-state index is 12.1.